The number of pyridine rings is 2. The first-order chi connectivity index (χ1) is 23.9. The SMILES string of the molecule is Fc1cc(F)cc([Si](c2ccc(-c3cccc4cccnc34)cc2)(c2ccc(-c3cccc4cccnc34)cc2)c2cc(F)cc(F)c2)c1. The van der Waals surface area contributed by atoms with Crippen LogP contribution in [0.3, 0.4) is 0 Å². The Labute approximate surface area is 281 Å². The van der Waals surface area contributed by atoms with E-state index in [1.165, 1.54) is 24.3 Å². The van der Waals surface area contributed by atoms with Gasteiger partial charge in [-0.3, -0.25) is 9.97 Å². The van der Waals surface area contributed by atoms with Gasteiger partial charge < -0.3 is 0 Å². The maximum absolute atomic E-state index is 15.2. The third kappa shape index (κ3) is 5.38. The molecule has 236 valence electrons. The van der Waals surface area contributed by atoms with Crippen LogP contribution in [-0.4, -0.2) is 18.0 Å². The maximum atomic E-state index is 15.2. The second-order valence-corrected chi connectivity index (χ2v) is 15.8. The summed E-state index contributed by atoms with van der Waals surface area (Å²) in [7, 11) is -3.77. The van der Waals surface area contributed by atoms with Crippen molar-refractivity contribution in [1.29, 1.82) is 0 Å². The highest BCUT2D eigenvalue weighted by atomic mass is 28.3. The van der Waals surface area contributed by atoms with E-state index in [0.29, 0.717) is 20.7 Å². The zero-order valence-corrected chi connectivity index (χ0v) is 26.9. The summed E-state index contributed by atoms with van der Waals surface area (Å²) in [4.78, 5) is 9.20. The molecule has 0 aliphatic carbocycles. The molecule has 2 aromatic heterocycles. The molecule has 0 amide bonds. The number of halogens is 4. The lowest BCUT2D eigenvalue weighted by atomic mass is 10.0. The van der Waals surface area contributed by atoms with Crippen molar-refractivity contribution >= 4 is 50.6 Å². The maximum Gasteiger partial charge on any atom is 0.180 e. The number of hydrogen-bond donors (Lipinski definition) is 0. The molecule has 6 aromatic carbocycles. The van der Waals surface area contributed by atoms with Gasteiger partial charge in [-0.1, -0.05) is 97.1 Å². The molecule has 7 heteroatoms. The Hall–Kier alpha value is -5.92. The molecule has 0 fully saturated rings. The molecule has 2 heterocycles. The summed E-state index contributed by atoms with van der Waals surface area (Å²) in [6.45, 7) is 0. The van der Waals surface area contributed by atoms with E-state index < -0.39 is 31.3 Å². The van der Waals surface area contributed by atoms with E-state index in [-0.39, 0.29) is 0 Å². The van der Waals surface area contributed by atoms with E-state index in [0.717, 1.165) is 56.2 Å². The highest BCUT2D eigenvalue weighted by Gasteiger charge is 2.43. The van der Waals surface area contributed by atoms with Gasteiger partial charge >= 0.3 is 0 Å². The fourth-order valence-electron chi connectivity index (χ4n) is 7.01. The molecular weight excluding hydrogens is 637 g/mol. The van der Waals surface area contributed by atoms with Gasteiger partial charge in [0.05, 0.1) is 11.0 Å². The lowest BCUT2D eigenvalue weighted by molar-refractivity contribution is 0.585. The number of benzene rings is 6. The lowest BCUT2D eigenvalue weighted by Crippen LogP contribution is -2.75. The average Bonchev–Trinajstić information content (AvgIpc) is 3.11. The highest BCUT2D eigenvalue weighted by Crippen LogP contribution is 2.29. The summed E-state index contributed by atoms with van der Waals surface area (Å²) in [5, 5.41) is 3.99. The summed E-state index contributed by atoms with van der Waals surface area (Å²) in [6.07, 6.45) is 3.49. The summed E-state index contributed by atoms with van der Waals surface area (Å²) in [5.41, 5.74) is 5.26. The number of fused-ring (bicyclic) bond motifs is 2. The van der Waals surface area contributed by atoms with E-state index in [2.05, 4.69) is 9.97 Å². The van der Waals surface area contributed by atoms with E-state index in [1.807, 2.05) is 109 Å². The van der Waals surface area contributed by atoms with Crippen molar-refractivity contribution in [3.05, 3.63) is 181 Å². The molecule has 8 aromatic rings. The second-order valence-electron chi connectivity index (χ2n) is 12.0. The molecule has 8 rings (SSSR count). The molecular formula is C42H26F4N2Si. The van der Waals surface area contributed by atoms with E-state index in [4.69, 9.17) is 0 Å². The van der Waals surface area contributed by atoms with Crippen LogP contribution < -0.4 is 20.7 Å². The van der Waals surface area contributed by atoms with Crippen molar-refractivity contribution in [2.75, 3.05) is 0 Å². The zero-order chi connectivity index (χ0) is 33.5. The standard InChI is InChI=1S/C42H26F4N2Si/c43-31-21-32(44)24-37(23-31)49(38-25-33(45)22-34(46)26-38,35-15-11-27(12-16-35)39-9-1-5-29-7-3-19-47-41(29)39)36-17-13-28(14-18-36)40-10-2-6-30-8-4-20-48-42(30)40/h1-26H. The number of hydrogen-bond acceptors (Lipinski definition) is 2. The smallest absolute Gasteiger partial charge is 0.180 e. The minimum atomic E-state index is -3.77. The molecule has 0 bridgehead atoms. The first kappa shape index (κ1) is 30.4. The molecule has 0 radical (unpaired) electrons. The second kappa shape index (κ2) is 12.3. The van der Waals surface area contributed by atoms with Gasteiger partial charge in [-0.25, -0.2) is 17.6 Å². The number of rotatable bonds is 6. The minimum absolute atomic E-state index is 0.314. The first-order valence-electron chi connectivity index (χ1n) is 15.7. The predicted octanol–water partition coefficient (Wildman–Crippen LogP) is 8.05. The number of para-hydroxylation sites is 2. The molecule has 2 nitrogen and oxygen atoms in total. The fraction of sp³-hybridized carbons (Fsp3) is 0. The molecule has 49 heavy (non-hydrogen) atoms. The summed E-state index contributed by atoms with van der Waals surface area (Å²) in [5.74, 6) is -3.11. The van der Waals surface area contributed by atoms with Gasteiger partial charge in [0.25, 0.3) is 0 Å². The van der Waals surface area contributed by atoms with Crippen LogP contribution >= 0.6 is 0 Å². The molecule has 0 unspecified atom stereocenters. The number of aromatic nitrogens is 2. The van der Waals surface area contributed by atoms with Crippen LogP contribution in [0.2, 0.25) is 0 Å². The third-order valence-electron chi connectivity index (χ3n) is 9.11. The van der Waals surface area contributed by atoms with Crippen molar-refractivity contribution in [3.8, 4) is 22.3 Å². The molecule has 0 aliphatic heterocycles. The van der Waals surface area contributed by atoms with Crippen LogP contribution in [0.1, 0.15) is 0 Å². The van der Waals surface area contributed by atoms with Crippen LogP contribution in [0, 0.1) is 23.3 Å². The van der Waals surface area contributed by atoms with Gasteiger partial charge in [-0.15, -0.1) is 0 Å². The molecule has 0 atom stereocenters. The van der Waals surface area contributed by atoms with E-state index in [1.54, 1.807) is 12.4 Å². The van der Waals surface area contributed by atoms with Crippen molar-refractivity contribution in [2.45, 2.75) is 0 Å². The molecule has 0 saturated heterocycles. The van der Waals surface area contributed by atoms with Crippen LogP contribution in [0.15, 0.2) is 158 Å². The fourth-order valence-corrected chi connectivity index (χ4v) is 11.8. The molecule has 0 N–H and O–H groups in total. The summed E-state index contributed by atoms with van der Waals surface area (Å²) in [6, 6.07) is 41.7. The topological polar surface area (TPSA) is 25.8 Å². The Morgan fingerprint density at radius 3 is 1.12 bits per heavy atom. The Morgan fingerprint density at radius 2 is 0.735 bits per heavy atom. The minimum Gasteiger partial charge on any atom is -0.256 e. The first-order valence-corrected chi connectivity index (χ1v) is 17.7. The summed E-state index contributed by atoms with van der Waals surface area (Å²) < 4.78 is 60.6. The van der Waals surface area contributed by atoms with Gasteiger partial charge in [-0.05, 0) is 68.3 Å². The van der Waals surface area contributed by atoms with Gasteiger partial charge in [0.1, 0.15) is 23.3 Å². The zero-order valence-electron chi connectivity index (χ0n) is 25.9. The van der Waals surface area contributed by atoms with Gasteiger partial charge in [0.15, 0.2) is 8.07 Å². The highest BCUT2D eigenvalue weighted by molar-refractivity contribution is 7.19. The Morgan fingerprint density at radius 1 is 0.367 bits per heavy atom. The quantitative estimate of drug-likeness (QED) is 0.102. The Bertz CT molecular complexity index is 2270. The van der Waals surface area contributed by atoms with Crippen molar-refractivity contribution in [2.24, 2.45) is 0 Å². The molecule has 0 aliphatic rings. The number of nitrogens with zero attached hydrogens (tertiary/aromatic N) is 2. The van der Waals surface area contributed by atoms with Crippen LogP contribution in [-0.2, 0) is 0 Å². The van der Waals surface area contributed by atoms with Crippen LogP contribution in [0.5, 0.6) is 0 Å². The normalized spacial score (nSPS) is 11.7. The van der Waals surface area contributed by atoms with Crippen molar-refractivity contribution in [1.82, 2.24) is 9.97 Å². The van der Waals surface area contributed by atoms with Crippen LogP contribution in [0.25, 0.3) is 44.1 Å². The monoisotopic (exact) mass is 662 g/mol. The largest absolute Gasteiger partial charge is 0.256 e. The van der Waals surface area contributed by atoms with E-state index in [9.17, 15) is 0 Å². The molecule has 0 spiro atoms. The molecule has 0 saturated carbocycles. The van der Waals surface area contributed by atoms with Crippen LogP contribution in [0.4, 0.5) is 17.6 Å². The van der Waals surface area contributed by atoms with E-state index >= 15 is 17.6 Å². The lowest BCUT2D eigenvalue weighted by Gasteiger charge is -2.34. The Kier molecular flexibility index (Phi) is 7.61. The van der Waals surface area contributed by atoms with Crippen molar-refractivity contribution < 1.29 is 17.6 Å². The van der Waals surface area contributed by atoms with Gasteiger partial charge in [0, 0.05) is 46.4 Å². The average molecular weight is 663 g/mol. The summed E-state index contributed by atoms with van der Waals surface area (Å²) >= 11 is 0. The van der Waals surface area contributed by atoms with Gasteiger partial charge in [-0.2, -0.15) is 0 Å². The Balaban J connectivity index is 1.38. The van der Waals surface area contributed by atoms with Crippen molar-refractivity contribution in [3.63, 3.8) is 0 Å². The third-order valence-corrected chi connectivity index (χ3v) is 13.8. The predicted molar refractivity (Wildman–Crippen MR) is 191 cm³/mol. The van der Waals surface area contributed by atoms with Gasteiger partial charge in [0.2, 0.25) is 0 Å².